The quantitative estimate of drug-likeness (QED) is 0.332. The molecule has 0 saturated heterocycles. The van der Waals surface area contributed by atoms with Gasteiger partial charge in [0.15, 0.2) is 0 Å². The summed E-state index contributed by atoms with van der Waals surface area (Å²) in [7, 11) is 0. The fourth-order valence-electron chi connectivity index (χ4n) is 3.92. The largest absolute Gasteiger partial charge is 0.342 e. The van der Waals surface area contributed by atoms with Gasteiger partial charge in [-0.1, -0.05) is 65.0 Å². The molecule has 0 fully saturated rings. The van der Waals surface area contributed by atoms with E-state index in [0.29, 0.717) is 5.92 Å². The van der Waals surface area contributed by atoms with Crippen LogP contribution in [0.15, 0.2) is 60.7 Å². The van der Waals surface area contributed by atoms with Crippen LogP contribution in [0.3, 0.4) is 0 Å². The molecule has 0 unspecified atom stereocenters. The Morgan fingerprint density at radius 3 is 2.00 bits per heavy atom. The van der Waals surface area contributed by atoms with Crippen LogP contribution in [0.25, 0.3) is 44.6 Å². The fraction of sp³-hybridized carbons (Fsp3) is 0.259. The zero-order valence-corrected chi connectivity index (χ0v) is 18.7. The molecule has 0 aliphatic carbocycles. The fourth-order valence-corrected chi connectivity index (χ4v) is 3.92. The summed E-state index contributed by atoms with van der Waals surface area (Å²) >= 11 is 0. The summed E-state index contributed by atoms with van der Waals surface area (Å²) in [6.45, 7) is 10.9. The number of aromatic amines is 2. The van der Waals surface area contributed by atoms with Crippen molar-refractivity contribution in [2.45, 2.75) is 46.0 Å². The van der Waals surface area contributed by atoms with Gasteiger partial charge < -0.3 is 9.97 Å². The van der Waals surface area contributed by atoms with Crippen LogP contribution >= 0.6 is 0 Å². The van der Waals surface area contributed by atoms with Gasteiger partial charge in [0.05, 0.1) is 22.1 Å². The highest BCUT2D eigenvalue weighted by molar-refractivity contribution is 5.87. The molecule has 0 radical (unpaired) electrons. The van der Waals surface area contributed by atoms with Crippen LogP contribution < -0.4 is 0 Å². The summed E-state index contributed by atoms with van der Waals surface area (Å²) < 4.78 is 0. The number of fused-ring (bicyclic) bond motifs is 2. The van der Waals surface area contributed by atoms with Crippen molar-refractivity contribution >= 4 is 22.1 Å². The Kier molecular flexibility index (Phi) is 4.47. The molecule has 156 valence electrons. The molecule has 0 bridgehead atoms. The number of aromatic nitrogens is 4. The second-order valence-corrected chi connectivity index (χ2v) is 9.66. The average molecular weight is 409 g/mol. The first kappa shape index (κ1) is 19.6. The van der Waals surface area contributed by atoms with Crippen LogP contribution in [0.1, 0.15) is 51.9 Å². The highest BCUT2D eigenvalue weighted by atomic mass is 14.9. The smallest absolute Gasteiger partial charge is 0.138 e. The number of hydrogen-bond donors (Lipinski definition) is 2. The minimum atomic E-state index is -0.00269. The van der Waals surface area contributed by atoms with Crippen molar-refractivity contribution in [3.8, 4) is 22.5 Å². The first-order chi connectivity index (χ1) is 14.8. The molecular formula is C27H28N4. The maximum atomic E-state index is 4.83. The van der Waals surface area contributed by atoms with Crippen LogP contribution in [-0.4, -0.2) is 19.9 Å². The molecule has 0 atom stereocenters. The maximum absolute atomic E-state index is 4.83. The van der Waals surface area contributed by atoms with Crippen molar-refractivity contribution in [1.82, 2.24) is 19.9 Å². The minimum absolute atomic E-state index is 0.00269. The summed E-state index contributed by atoms with van der Waals surface area (Å²) in [4.78, 5) is 16.6. The molecular weight excluding hydrogens is 380 g/mol. The van der Waals surface area contributed by atoms with Crippen LogP contribution in [0, 0.1) is 0 Å². The lowest BCUT2D eigenvalue weighted by atomic mass is 9.96. The van der Waals surface area contributed by atoms with Crippen LogP contribution in [0.4, 0.5) is 0 Å². The van der Waals surface area contributed by atoms with Gasteiger partial charge >= 0.3 is 0 Å². The molecule has 5 rings (SSSR count). The molecule has 2 heterocycles. The molecule has 0 saturated carbocycles. The number of hydrogen-bond acceptors (Lipinski definition) is 2. The Bertz CT molecular complexity index is 1400. The molecule has 3 aromatic carbocycles. The lowest BCUT2D eigenvalue weighted by Crippen LogP contribution is -2.12. The van der Waals surface area contributed by atoms with Crippen molar-refractivity contribution in [1.29, 1.82) is 0 Å². The number of nitrogens with one attached hydrogen (secondary N) is 2. The van der Waals surface area contributed by atoms with Gasteiger partial charge in [-0.05, 0) is 52.9 Å². The van der Waals surface area contributed by atoms with E-state index >= 15 is 0 Å². The van der Waals surface area contributed by atoms with E-state index in [1.54, 1.807) is 0 Å². The molecule has 4 nitrogen and oxygen atoms in total. The van der Waals surface area contributed by atoms with E-state index in [1.165, 1.54) is 5.56 Å². The Balaban J connectivity index is 1.53. The van der Waals surface area contributed by atoms with Crippen molar-refractivity contribution in [3.05, 3.63) is 72.1 Å². The third-order valence-corrected chi connectivity index (χ3v) is 5.83. The van der Waals surface area contributed by atoms with Gasteiger partial charge in [0.1, 0.15) is 11.6 Å². The molecule has 4 heteroatoms. The number of H-pyrrole nitrogens is 2. The topological polar surface area (TPSA) is 57.4 Å². The lowest BCUT2D eigenvalue weighted by molar-refractivity contribution is 0.554. The molecule has 5 aromatic rings. The Hall–Kier alpha value is -3.40. The van der Waals surface area contributed by atoms with E-state index in [9.17, 15) is 0 Å². The third-order valence-electron chi connectivity index (χ3n) is 5.83. The number of rotatable bonds is 3. The van der Waals surface area contributed by atoms with E-state index in [4.69, 9.17) is 9.97 Å². The molecule has 0 spiro atoms. The Labute approximate surface area is 182 Å². The highest BCUT2D eigenvalue weighted by Crippen LogP contribution is 2.30. The second-order valence-electron chi connectivity index (χ2n) is 9.66. The Morgan fingerprint density at radius 2 is 1.35 bits per heavy atom. The van der Waals surface area contributed by atoms with E-state index < -0.39 is 0 Å². The second kappa shape index (κ2) is 7.09. The molecule has 2 N–H and O–H groups in total. The predicted molar refractivity (Wildman–Crippen MR) is 129 cm³/mol. The summed E-state index contributed by atoms with van der Waals surface area (Å²) in [6.07, 6.45) is 0. The van der Waals surface area contributed by atoms with E-state index in [2.05, 4.69) is 105 Å². The summed E-state index contributed by atoms with van der Waals surface area (Å²) in [5, 5.41) is 0. The van der Waals surface area contributed by atoms with Crippen molar-refractivity contribution in [3.63, 3.8) is 0 Å². The zero-order valence-electron chi connectivity index (χ0n) is 18.7. The molecule has 0 aliphatic rings. The van der Waals surface area contributed by atoms with E-state index in [1.807, 2.05) is 0 Å². The predicted octanol–water partition coefficient (Wildman–Crippen LogP) is 7.19. The highest BCUT2D eigenvalue weighted by Gasteiger charge is 2.18. The van der Waals surface area contributed by atoms with Crippen LogP contribution in [0.2, 0.25) is 0 Å². The van der Waals surface area contributed by atoms with Gasteiger partial charge in [0.2, 0.25) is 0 Å². The van der Waals surface area contributed by atoms with Crippen molar-refractivity contribution < 1.29 is 0 Å². The zero-order chi connectivity index (χ0) is 21.8. The van der Waals surface area contributed by atoms with Gasteiger partial charge in [-0.25, -0.2) is 9.97 Å². The first-order valence-corrected chi connectivity index (χ1v) is 10.9. The lowest BCUT2D eigenvalue weighted by Gasteiger charge is -2.13. The SMILES string of the molecule is CC(C)c1cccc(-c2nc3ccc(-c4ccc5nc(C(C)(C)C)[nH]c5c4)cc3[nH]2)c1. The monoisotopic (exact) mass is 408 g/mol. The molecule has 0 aliphatic heterocycles. The molecule has 0 amide bonds. The number of nitrogens with zero attached hydrogens (tertiary/aromatic N) is 2. The minimum Gasteiger partial charge on any atom is -0.342 e. The Morgan fingerprint density at radius 1 is 0.710 bits per heavy atom. The van der Waals surface area contributed by atoms with E-state index in [-0.39, 0.29) is 5.41 Å². The maximum Gasteiger partial charge on any atom is 0.138 e. The standard InChI is InChI=1S/C27H28N4/c1-16(2)17-7-6-8-20(13-17)25-28-21-11-9-18(14-23(21)29-25)19-10-12-22-24(15-19)31-26(30-22)27(3,4)5/h6-16H,1-5H3,(H,28,29)(H,30,31). The molecule has 2 aromatic heterocycles. The van der Waals surface area contributed by atoms with Crippen molar-refractivity contribution in [2.24, 2.45) is 0 Å². The molecule has 31 heavy (non-hydrogen) atoms. The number of imidazole rings is 2. The van der Waals surface area contributed by atoms with Gasteiger partial charge in [-0.2, -0.15) is 0 Å². The van der Waals surface area contributed by atoms with Crippen molar-refractivity contribution in [2.75, 3.05) is 0 Å². The summed E-state index contributed by atoms with van der Waals surface area (Å²) in [5.74, 6) is 2.41. The van der Waals surface area contributed by atoms with E-state index in [0.717, 1.165) is 50.4 Å². The van der Waals surface area contributed by atoms with Gasteiger partial charge in [-0.15, -0.1) is 0 Å². The van der Waals surface area contributed by atoms with Crippen LogP contribution in [-0.2, 0) is 5.41 Å². The van der Waals surface area contributed by atoms with Crippen LogP contribution in [0.5, 0.6) is 0 Å². The van der Waals surface area contributed by atoms with Gasteiger partial charge in [-0.3, -0.25) is 0 Å². The number of benzene rings is 3. The summed E-state index contributed by atoms with van der Waals surface area (Å²) in [5.41, 5.74) is 8.86. The van der Waals surface area contributed by atoms with Gasteiger partial charge in [0.25, 0.3) is 0 Å². The summed E-state index contributed by atoms with van der Waals surface area (Å²) in [6, 6.07) is 21.4. The normalized spacial score (nSPS) is 12.3. The average Bonchev–Trinajstić information content (AvgIpc) is 3.36. The van der Waals surface area contributed by atoms with Gasteiger partial charge in [0, 0.05) is 11.0 Å². The third kappa shape index (κ3) is 3.63. The first-order valence-electron chi connectivity index (χ1n) is 10.9.